The highest BCUT2D eigenvalue weighted by molar-refractivity contribution is 4.88. The molecule has 1 heterocycles. The van der Waals surface area contributed by atoms with Crippen LogP contribution in [0.3, 0.4) is 0 Å². The molecule has 1 rings (SSSR count). The number of halogens is 1. The van der Waals surface area contributed by atoms with Crippen molar-refractivity contribution in [3.63, 3.8) is 0 Å². The lowest BCUT2D eigenvalue weighted by Gasteiger charge is -2.36. The normalized spacial score (nSPS) is 49.2. The monoisotopic (exact) mass is 182 g/mol. The van der Waals surface area contributed by atoms with E-state index in [-0.39, 0.29) is 0 Å². The van der Waals surface area contributed by atoms with Gasteiger partial charge in [-0.1, -0.05) is 0 Å². The minimum absolute atomic E-state index is 0.651. The van der Waals surface area contributed by atoms with Gasteiger partial charge in [-0.15, -0.1) is 0 Å². The van der Waals surface area contributed by atoms with Gasteiger partial charge in [-0.05, 0) is 0 Å². The minimum atomic E-state index is -1.88. The summed E-state index contributed by atoms with van der Waals surface area (Å²) in [7, 11) is 0. The van der Waals surface area contributed by atoms with Crippen molar-refractivity contribution in [2.75, 3.05) is 6.61 Å². The second kappa shape index (κ2) is 3.63. The SMILES string of the molecule is OC[C@H]1O[C@@H](O)[C@H](O)[C@@H](O)[C@@H]1F. The molecule has 72 valence electrons. The molecule has 1 aliphatic rings. The molecule has 1 fully saturated rings. The van der Waals surface area contributed by atoms with Crippen molar-refractivity contribution in [2.45, 2.75) is 30.8 Å². The summed E-state index contributed by atoms with van der Waals surface area (Å²) in [5.74, 6) is 0. The molecule has 0 amide bonds. The van der Waals surface area contributed by atoms with Gasteiger partial charge in [-0.2, -0.15) is 0 Å². The van der Waals surface area contributed by atoms with Crippen LogP contribution in [0.2, 0.25) is 0 Å². The maximum absolute atomic E-state index is 12.9. The summed E-state index contributed by atoms with van der Waals surface area (Å²) in [6.45, 7) is -0.651. The lowest BCUT2D eigenvalue weighted by Crippen LogP contribution is -2.56. The van der Waals surface area contributed by atoms with E-state index in [4.69, 9.17) is 20.4 Å². The van der Waals surface area contributed by atoms with Crippen molar-refractivity contribution in [1.82, 2.24) is 0 Å². The molecule has 0 aromatic heterocycles. The molecule has 0 spiro atoms. The van der Waals surface area contributed by atoms with Crippen molar-refractivity contribution in [3.8, 4) is 0 Å². The van der Waals surface area contributed by atoms with Gasteiger partial charge in [-0.25, -0.2) is 4.39 Å². The van der Waals surface area contributed by atoms with Gasteiger partial charge < -0.3 is 25.2 Å². The van der Waals surface area contributed by atoms with E-state index in [1.807, 2.05) is 0 Å². The quantitative estimate of drug-likeness (QED) is 0.368. The van der Waals surface area contributed by atoms with Crippen LogP contribution in [0.15, 0.2) is 0 Å². The fourth-order valence-electron chi connectivity index (χ4n) is 1.06. The van der Waals surface area contributed by atoms with Gasteiger partial charge in [0.15, 0.2) is 12.5 Å². The smallest absolute Gasteiger partial charge is 0.184 e. The predicted molar refractivity (Wildman–Crippen MR) is 34.9 cm³/mol. The third-order valence-electron chi connectivity index (χ3n) is 1.82. The van der Waals surface area contributed by atoms with E-state index in [0.29, 0.717) is 0 Å². The zero-order chi connectivity index (χ0) is 9.30. The fraction of sp³-hybridized carbons (Fsp3) is 1.00. The Kier molecular flexibility index (Phi) is 2.97. The highest BCUT2D eigenvalue weighted by atomic mass is 19.1. The first-order chi connectivity index (χ1) is 5.57. The Morgan fingerprint density at radius 1 is 1.17 bits per heavy atom. The maximum Gasteiger partial charge on any atom is 0.184 e. The summed E-state index contributed by atoms with van der Waals surface area (Å²) in [4.78, 5) is 0. The number of aliphatic hydroxyl groups excluding tert-OH is 4. The molecular formula is C6H11FO5. The summed E-state index contributed by atoms with van der Waals surface area (Å²) in [6.07, 6.45) is -8.19. The highest BCUT2D eigenvalue weighted by Gasteiger charge is 2.43. The molecule has 0 radical (unpaired) electrons. The molecular weight excluding hydrogens is 171 g/mol. The van der Waals surface area contributed by atoms with E-state index in [1.54, 1.807) is 0 Å². The van der Waals surface area contributed by atoms with E-state index in [1.165, 1.54) is 0 Å². The molecule has 0 aromatic rings. The summed E-state index contributed by atoms with van der Waals surface area (Å²) in [6, 6.07) is 0. The standard InChI is InChI=1S/C6H11FO5/c7-3-2(1-8)12-6(11)5(10)4(3)9/h2-6,8-11H,1H2/t2-,3-,4+,5-,6-/m1/s1. The summed E-state index contributed by atoms with van der Waals surface area (Å²) < 4.78 is 17.3. The molecule has 6 heteroatoms. The van der Waals surface area contributed by atoms with Crippen molar-refractivity contribution < 1.29 is 29.6 Å². The Morgan fingerprint density at radius 3 is 2.25 bits per heavy atom. The Morgan fingerprint density at radius 2 is 1.75 bits per heavy atom. The molecule has 5 nitrogen and oxygen atoms in total. The average Bonchev–Trinajstić information content (AvgIpc) is 2.08. The van der Waals surface area contributed by atoms with Crippen LogP contribution in [-0.4, -0.2) is 57.8 Å². The van der Waals surface area contributed by atoms with Gasteiger partial charge in [0.25, 0.3) is 0 Å². The molecule has 0 bridgehead atoms. The number of alkyl halides is 1. The van der Waals surface area contributed by atoms with Gasteiger partial charge in [0.2, 0.25) is 0 Å². The number of ether oxygens (including phenoxy) is 1. The molecule has 0 saturated carbocycles. The van der Waals surface area contributed by atoms with Crippen LogP contribution in [-0.2, 0) is 4.74 Å². The van der Waals surface area contributed by atoms with Crippen LogP contribution >= 0.6 is 0 Å². The largest absolute Gasteiger partial charge is 0.394 e. The van der Waals surface area contributed by atoms with Gasteiger partial charge in [0, 0.05) is 0 Å². The van der Waals surface area contributed by atoms with E-state index in [2.05, 4.69) is 4.74 Å². The number of aliphatic hydroxyl groups is 4. The van der Waals surface area contributed by atoms with Crippen molar-refractivity contribution >= 4 is 0 Å². The summed E-state index contributed by atoms with van der Waals surface area (Å²) in [5.41, 5.74) is 0. The fourth-order valence-corrected chi connectivity index (χ4v) is 1.06. The van der Waals surface area contributed by atoms with E-state index in [0.717, 1.165) is 0 Å². The number of hydrogen-bond acceptors (Lipinski definition) is 5. The van der Waals surface area contributed by atoms with Gasteiger partial charge in [-0.3, -0.25) is 0 Å². The Balaban J connectivity index is 2.63. The van der Waals surface area contributed by atoms with Crippen LogP contribution < -0.4 is 0 Å². The molecule has 1 saturated heterocycles. The Bertz CT molecular complexity index is 150. The Labute approximate surface area is 68.0 Å². The van der Waals surface area contributed by atoms with E-state index >= 15 is 0 Å². The van der Waals surface area contributed by atoms with Crippen LogP contribution in [0.25, 0.3) is 0 Å². The molecule has 5 atom stereocenters. The first-order valence-electron chi connectivity index (χ1n) is 3.52. The summed E-state index contributed by atoms with van der Waals surface area (Å²) >= 11 is 0. The first kappa shape index (κ1) is 9.82. The number of rotatable bonds is 1. The van der Waals surface area contributed by atoms with Crippen molar-refractivity contribution in [1.29, 1.82) is 0 Å². The lowest BCUT2D eigenvalue weighted by molar-refractivity contribution is -0.274. The maximum atomic E-state index is 12.9. The van der Waals surface area contributed by atoms with Crippen LogP contribution in [0.5, 0.6) is 0 Å². The molecule has 12 heavy (non-hydrogen) atoms. The van der Waals surface area contributed by atoms with Crippen LogP contribution in [0, 0.1) is 0 Å². The van der Waals surface area contributed by atoms with Crippen molar-refractivity contribution in [3.05, 3.63) is 0 Å². The lowest BCUT2D eigenvalue weighted by atomic mass is 10.0. The highest BCUT2D eigenvalue weighted by Crippen LogP contribution is 2.21. The van der Waals surface area contributed by atoms with Gasteiger partial charge in [0.05, 0.1) is 6.61 Å². The van der Waals surface area contributed by atoms with E-state index < -0.39 is 37.4 Å². The second-order valence-electron chi connectivity index (χ2n) is 2.67. The predicted octanol–water partition coefficient (Wildman–Crippen LogP) is -2.24. The zero-order valence-electron chi connectivity index (χ0n) is 6.17. The average molecular weight is 182 g/mol. The van der Waals surface area contributed by atoms with Crippen molar-refractivity contribution in [2.24, 2.45) is 0 Å². The second-order valence-corrected chi connectivity index (χ2v) is 2.67. The zero-order valence-corrected chi connectivity index (χ0v) is 6.17. The Hall–Kier alpha value is -0.270. The molecule has 1 aliphatic heterocycles. The third-order valence-corrected chi connectivity index (χ3v) is 1.82. The van der Waals surface area contributed by atoms with Crippen LogP contribution in [0.4, 0.5) is 4.39 Å². The van der Waals surface area contributed by atoms with E-state index in [9.17, 15) is 4.39 Å². The molecule has 0 unspecified atom stereocenters. The van der Waals surface area contributed by atoms with Gasteiger partial charge >= 0.3 is 0 Å². The third kappa shape index (κ3) is 1.57. The first-order valence-corrected chi connectivity index (χ1v) is 3.52. The minimum Gasteiger partial charge on any atom is -0.394 e. The molecule has 0 aliphatic carbocycles. The molecule has 4 N–H and O–H groups in total. The number of hydrogen-bond donors (Lipinski definition) is 4. The van der Waals surface area contributed by atoms with Crippen LogP contribution in [0.1, 0.15) is 0 Å². The van der Waals surface area contributed by atoms with Gasteiger partial charge in [0.1, 0.15) is 18.3 Å². The summed E-state index contributed by atoms with van der Waals surface area (Å²) in [5, 5.41) is 35.2. The topological polar surface area (TPSA) is 90.2 Å². The molecule has 0 aromatic carbocycles.